The zero-order chi connectivity index (χ0) is 25.5. The number of nitrogens with zero attached hydrogens (tertiary/aromatic N) is 4. The third kappa shape index (κ3) is 4.42. The zero-order valence-electron chi connectivity index (χ0n) is 21.0. The fourth-order valence-corrected chi connectivity index (χ4v) is 5.14. The van der Waals surface area contributed by atoms with Crippen molar-refractivity contribution in [2.75, 3.05) is 23.3 Å². The van der Waals surface area contributed by atoms with Crippen molar-refractivity contribution in [3.63, 3.8) is 0 Å². The minimum atomic E-state index is -0.230. The Labute approximate surface area is 213 Å². The third-order valence-electron chi connectivity index (χ3n) is 6.74. The average Bonchev–Trinajstić information content (AvgIpc) is 3.31. The normalized spacial score (nSPS) is 18.8. The number of rotatable bonds is 5. The van der Waals surface area contributed by atoms with Gasteiger partial charge in [-0.3, -0.25) is 4.79 Å². The molecule has 0 saturated carbocycles. The van der Waals surface area contributed by atoms with Gasteiger partial charge in [0.2, 0.25) is 0 Å². The molecule has 1 fully saturated rings. The van der Waals surface area contributed by atoms with Gasteiger partial charge in [0.15, 0.2) is 0 Å². The van der Waals surface area contributed by atoms with Crippen LogP contribution in [-0.4, -0.2) is 50.2 Å². The number of imidazole rings is 1. The number of anilines is 2. The number of ether oxygens (including phenoxy) is 1. The molecule has 1 aliphatic rings. The first-order chi connectivity index (χ1) is 18.0. The Morgan fingerprint density at radius 2 is 1.76 bits per heavy atom. The molecule has 1 saturated heterocycles. The highest BCUT2D eigenvalue weighted by Crippen LogP contribution is 2.33. The van der Waals surface area contributed by atoms with E-state index < -0.39 is 0 Å². The summed E-state index contributed by atoms with van der Waals surface area (Å²) in [6.45, 7) is 7.82. The van der Waals surface area contributed by atoms with Crippen molar-refractivity contribution >= 4 is 33.3 Å². The minimum absolute atomic E-state index is 0.164. The number of morpholine rings is 1. The Hall–Kier alpha value is -4.24. The van der Waals surface area contributed by atoms with Crippen LogP contribution in [0.2, 0.25) is 0 Å². The number of benzene rings is 2. The van der Waals surface area contributed by atoms with E-state index in [1.54, 1.807) is 18.5 Å². The summed E-state index contributed by atoms with van der Waals surface area (Å²) in [6.07, 6.45) is 3.75. The Bertz CT molecular complexity index is 1620. The maximum absolute atomic E-state index is 13.4. The van der Waals surface area contributed by atoms with Gasteiger partial charge in [0, 0.05) is 36.6 Å². The monoisotopic (exact) mass is 495 g/mol. The highest BCUT2D eigenvalue weighted by Gasteiger charge is 2.24. The molecule has 2 aromatic carbocycles. The van der Waals surface area contributed by atoms with Crippen LogP contribution in [0.15, 0.2) is 65.7 Å². The number of pyridine rings is 1. The molecular formula is C28H29N7O2. The standard InChI is InChI=1S/C28H29N7O2/c1-16-14-35(15-17(2)37-16)19-9-10-22-23(13-19)33-27(32-22)24-25(31-18(3)26-29-11-6-12-30-26)20-7-4-5-8-21(20)34-28(24)36/h4-13,16-18H,14-15H2,1-3H3,(H,32,33)(H2,31,34,36)/t16-,17+,18-/m0/s1. The highest BCUT2D eigenvalue weighted by molar-refractivity contribution is 5.99. The second kappa shape index (κ2) is 9.33. The first kappa shape index (κ1) is 23.2. The van der Waals surface area contributed by atoms with Gasteiger partial charge in [0.1, 0.15) is 17.2 Å². The van der Waals surface area contributed by atoms with E-state index in [2.05, 4.69) is 56.1 Å². The number of H-pyrrole nitrogens is 2. The van der Waals surface area contributed by atoms with Crippen LogP contribution in [0, 0.1) is 0 Å². The van der Waals surface area contributed by atoms with Crippen molar-refractivity contribution in [2.24, 2.45) is 0 Å². The molecule has 3 N–H and O–H groups in total. The summed E-state index contributed by atoms with van der Waals surface area (Å²) in [5.41, 5.74) is 4.43. The van der Waals surface area contributed by atoms with E-state index in [9.17, 15) is 4.79 Å². The van der Waals surface area contributed by atoms with E-state index in [-0.39, 0.29) is 23.8 Å². The van der Waals surface area contributed by atoms with Gasteiger partial charge in [0.25, 0.3) is 5.56 Å². The second-order valence-corrected chi connectivity index (χ2v) is 9.67. The average molecular weight is 496 g/mol. The lowest BCUT2D eigenvalue weighted by Gasteiger charge is -2.36. The molecule has 37 heavy (non-hydrogen) atoms. The van der Waals surface area contributed by atoms with Gasteiger partial charge >= 0.3 is 0 Å². The molecule has 6 rings (SSSR count). The predicted molar refractivity (Wildman–Crippen MR) is 146 cm³/mol. The molecule has 9 nitrogen and oxygen atoms in total. The number of para-hydroxylation sites is 1. The van der Waals surface area contributed by atoms with Crippen molar-refractivity contribution in [1.29, 1.82) is 0 Å². The largest absolute Gasteiger partial charge is 0.374 e. The van der Waals surface area contributed by atoms with Gasteiger partial charge < -0.3 is 24.9 Å². The van der Waals surface area contributed by atoms with E-state index in [0.717, 1.165) is 40.7 Å². The Morgan fingerprint density at radius 3 is 2.54 bits per heavy atom. The fraction of sp³-hybridized carbons (Fsp3) is 0.286. The molecule has 1 aliphatic heterocycles. The van der Waals surface area contributed by atoms with E-state index in [1.165, 1.54) is 0 Å². The van der Waals surface area contributed by atoms with Crippen LogP contribution in [-0.2, 0) is 4.74 Å². The molecule has 3 atom stereocenters. The number of nitrogens with one attached hydrogen (secondary N) is 3. The van der Waals surface area contributed by atoms with Gasteiger partial charge in [-0.2, -0.15) is 0 Å². The number of aromatic nitrogens is 5. The molecule has 0 spiro atoms. The van der Waals surface area contributed by atoms with Crippen LogP contribution in [0.5, 0.6) is 0 Å². The predicted octanol–water partition coefficient (Wildman–Crippen LogP) is 4.65. The van der Waals surface area contributed by atoms with Crippen molar-refractivity contribution in [3.05, 3.63) is 77.1 Å². The molecule has 5 aromatic rings. The first-order valence-corrected chi connectivity index (χ1v) is 12.6. The van der Waals surface area contributed by atoms with E-state index >= 15 is 0 Å². The van der Waals surface area contributed by atoms with Crippen molar-refractivity contribution in [1.82, 2.24) is 24.9 Å². The number of fused-ring (bicyclic) bond motifs is 2. The lowest BCUT2D eigenvalue weighted by Crippen LogP contribution is -2.45. The lowest BCUT2D eigenvalue weighted by atomic mass is 10.1. The minimum Gasteiger partial charge on any atom is -0.374 e. The van der Waals surface area contributed by atoms with E-state index in [0.29, 0.717) is 22.9 Å². The van der Waals surface area contributed by atoms with Gasteiger partial charge in [-0.15, -0.1) is 0 Å². The van der Waals surface area contributed by atoms with Crippen molar-refractivity contribution in [2.45, 2.75) is 39.0 Å². The van der Waals surface area contributed by atoms with Gasteiger partial charge in [-0.05, 0) is 51.1 Å². The number of hydrogen-bond donors (Lipinski definition) is 3. The number of aromatic amines is 2. The summed E-state index contributed by atoms with van der Waals surface area (Å²) in [5, 5.41) is 4.39. The molecule has 0 bridgehead atoms. The van der Waals surface area contributed by atoms with E-state index in [4.69, 9.17) is 9.72 Å². The highest BCUT2D eigenvalue weighted by atomic mass is 16.5. The van der Waals surface area contributed by atoms with Crippen LogP contribution in [0.1, 0.15) is 32.6 Å². The van der Waals surface area contributed by atoms with Crippen LogP contribution >= 0.6 is 0 Å². The maximum atomic E-state index is 13.4. The third-order valence-corrected chi connectivity index (χ3v) is 6.74. The quantitative estimate of drug-likeness (QED) is 0.325. The zero-order valence-corrected chi connectivity index (χ0v) is 21.0. The smallest absolute Gasteiger partial charge is 0.261 e. The summed E-state index contributed by atoms with van der Waals surface area (Å²) >= 11 is 0. The van der Waals surface area contributed by atoms with Crippen molar-refractivity contribution in [3.8, 4) is 11.4 Å². The van der Waals surface area contributed by atoms with Crippen LogP contribution in [0.3, 0.4) is 0 Å². The van der Waals surface area contributed by atoms with Crippen LogP contribution in [0.25, 0.3) is 33.3 Å². The van der Waals surface area contributed by atoms with Gasteiger partial charge in [-0.1, -0.05) is 18.2 Å². The Morgan fingerprint density at radius 1 is 1.00 bits per heavy atom. The summed E-state index contributed by atoms with van der Waals surface area (Å²) in [7, 11) is 0. The topological polar surface area (TPSA) is 112 Å². The first-order valence-electron chi connectivity index (χ1n) is 12.6. The second-order valence-electron chi connectivity index (χ2n) is 9.67. The van der Waals surface area contributed by atoms with Crippen LogP contribution in [0.4, 0.5) is 11.4 Å². The molecule has 0 amide bonds. The molecule has 4 heterocycles. The summed E-state index contributed by atoms with van der Waals surface area (Å²) < 4.78 is 5.90. The number of hydrogen-bond acceptors (Lipinski definition) is 7. The molecule has 9 heteroatoms. The summed E-state index contributed by atoms with van der Waals surface area (Å²) in [5.74, 6) is 1.15. The molecule has 0 unspecified atom stereocenters. The summed E-state index contributed by atoms with van der Waals surface area (Å²) in [6, 6.07) is 15.5. The fourth-order valence-electron chi connectivity index (χ4n) is 5.14. The SMILES string of the molecule is C[C@@H]1CN(c2ccc3nc(-c4c(N[C@@H](C)c5ncccn5)c5ccccc5[nH]c4=O)[nH]c3c2)C[C@H](C)O1. The molecule has 3 aromatic heterocycles. The molecule has 0 radical (unpaired) electrons. The summed E-state index contributed by atoms with van der Waals surface area (Å²) in [4.78, 5) is 35.8. The molecular weight excluding hydrogens is 466 g/mol. The van der Waals surface area contributed by atoms with Gasteiger partial charge in [-0.25, -0.2) is 15.0 Å². The lowest BCUT2D eigenvalue weighted by molar-refractivity contribution is -0.00521. The molecule has 188 valence electrons. The van der Waals surface area contributed by atoms with Crippen molar-refractivity contribution < 1.29 is 4.74 Å². The van der Waals surface area contributed by atoms with E-state index in [1.807, 2.05) is 37.3 Å². The van der Waals surface area contributed by atoms with Crippen LogP contribution < -0.4 is 15.8 Å². The maximum Gasteiger partial charge on any atom is 0.261 e. The Kier molecular flexibility index (Phi) is 5.84. The Balaban J connectivity index is 1.45. The van der Waals surface area contributed by atoms with Gasteiger partial charge in [0.05, 0.1) is 40.5 Å². The molecule has 0 aliphatic carbocycles.